The summed E-state index contributed by atoms with van der Waals surface area (Å²) in [5.41, 5.74) is 4.56. The molecular weight excluding hydrogens is 320 g/mol. The van der Waals surface area contributed by atoms with E-state index in [1.54, 1.807) is 18.2 Å². The van der Waals surface area contributed by atoms with Crippen molar-refractivity contribution in [2.45, 2.75) is 0 Å². The van der Waals surface area contributed by atoms with Crippen LogP contribution in [0.4, 0.5) is 0 Å². The molecule has 3 rings (SSSR count). The van der Waals surface area contributed by atoms with E-state index in [1.165, 1.54) is 18.4 Å². The van der Waals surface area contributed by atoms with Crippen molar-refractivity contribution in [3.8, 4) is 5.75 Å². The predicted molar refractivity (Wildman–Crippen MR) is 93.5 cm³/mol. The highest BCUT2D eigenvalue weighted by atomic mass is 16.5. The lowest BCUT2D eigenvalue weighted by Gasteiger charge is -2.09. The van der Waals surface area contributed by atoms with E-state index in [1.807, 2.05) is 36.4 Å². The van der Waals surface area contributed by atoms with Crippen molar-refractivity contribution < 1.29 is 18.7 Å². The van der Waals surface area contributed by atoms with Crippen LogP contribution in [0.1, 0.15) is 5.76 Å². The van der Waals surface area contributed by atoms with Gasteiger partial charge in [-0.05, 0) is 29.7 Å². The Morgan fingerprint density at radius 2 is 1.84 bits per heavy atom. The van der Waals surface area contributed by atoms with Gasteiger partial charge >= 0.3 is 0 Å². The molecule has 25 heavy (non-hydrogen) atoms. The van der Waals surface area contributed by atoms with E-state index < -0.39 is 11.8 Å². The maximum Gasteiger partial charge on any atom is 0.276 e. The molecule has 126 valence electrons. The monoisotopic (exact) mass is 336 g/mol. The van der Waals surface area contributed by atoms with E-state index in [9.17, 15) is 9.59 Å². The molecule has 0 aliphatic rings. The van der Waals surface area contributed by atoms with Gasteiger partial charge in [-0.1, -0.05) is 36.4 Å². The lowest BCUT2D eigenvalue weighted by Crippen LogP contribution is -2.43. The Labute approximate surface area is 144 Å². The largest absolute Gasteiger partial charge is 0.483 e. The number of furan rings is 1. The molecule has 0 radical (unpaired) electrons. The van der Waals surface area contributed by atoms with Crippen LogP contribution >= 0.6 is 0 Å². The number of fused-ring (bicyclic) bond motifs is 1. The lowest BCUT2D eigenvalue weighted by atomic mass is 10.1. The van der Waals surface area contributed by atoms with Gasteiger partial charge in [0.25, 0.3) is 11.8 Å². The Bertz CT molecular complexity index is 895. The van der Waals surface area contributed by atoms with Gasteiger partial charge in [0, 0.05) is 11.5 Å². The minimum absolute atomic E-state index is 0.212. The third-order valence-electron chi connectivity index (χ3n) is 3.38. The van der Waals surface area contributed by atoms with E-state index in [4.69, 9.17) is 9.15 Å². The molecular formula is C19H16N2O4. The molecule has 0 spiro atoms. The van der Waals surface area contributed by atoms with Crippen LogP contribution in [0.2, 0.25) is 0 Å². The van der Waals surface area contributed by atoms with E-state index in [0.29, 0.717) is 11.5 Å². The summed E-state index contributed by atoms with van der Waals surface area (Å²) < 4.78 is 10.6. The summed E-state index contributed by atoms with van der Waals surface area (Å²) in [4.78, 5) is 23.4. The van der Waals surface area contributed by atoms with Crippen LogP contribution in [0, 0.1) is 0 Å². The maximum atomic E-state index is 11.8. The van der Waals surface area contributed by atoms with Gasteiger partial charge in [-0.2, -0.15) is 0 Å². The number of carbonyl (C=O) groups is 2. The fraction of sp³-hybridized carbons (Fsp3) is 0.0526. The van der Waals surface area contributed by atoms with Crippen LogP contribution in [0.15, 0.2) is 71.4 Å². The first-order chi connectivity index (χ1) is 12.2. The van der Waals surface area contributed by atoms with E-state index in [2.05, 4.69) is 10.9 Å². The molecule has 1 aromatic heterocycles. The summed E-state index contributed by atoms with van der Waals surface area (Å²) in [6.07, 6.45) is 4.25. The Hall–Kier alpha value is -3.54. The first-order valence-electron chi connectivity index (χ1n) is 7.63. The molecule has 0 unspecified atom stereocenters. The van der Waals surface area contributed by atoms with Gasteiger partial charge in [0.2, 0.25) is 0 Å². The molecule has 3 aromatic rings. The zero-order valence-electron chi connectivity index (χ0n) is 13.3. The molecule has 6 heteroatoms. The van der Waals surface area contributed by atoms with Gasteiger partial charge < -0.3 is 9.15 Å². The van der Waals surface area contributed by atoms with Crippen molar-refractivity contribution in [3.05, 3.63) is 72.7 Å². The molecule has 0 fully saturated rings. The molecule has 0 saturated carbocycles. The number of hydrazine groups is 1. The van der Waals surface area contributed by atoms with Gasteiger partial charge in [-0.3, -0.25) is 20.4 Å². The number of rotatable bonds is 5. The fourth-order valence-corrected chi connectivity index (χ4v) is 2.22. The van der Waals surface area contributed by atoms with Crippen LogP contribution in [-0.4, -0.2) is 18.4 Å². The highest BCUT2D eigenvalue weighted by molar-refractivity contribution is 5.93. The second-order valence-electron chi connectivity index (χ2n) is 5.15. The molecule has 1 heterocycles. The molecule has 0 saturated heterocycles. The van der Waals surface area contributed by atoms with E-state index >= 15 is 0 Å². The molecule has 6 nitrogen and oxygen atoms in total. The van der Waals surface area contributed by atoms with Crippen LogP contribution in [0.5, 0.6) is 5.75 Å². The molecule has 2 aromatic carbocycles. The summed E-state index contributed by atoms with van der Waals surface area (Å²) in [5, 5.41) is 1.94. The van der Waals surface area contributed by atoms with E-state index in [0.717, 1.165) is 10.8 Å². The minimum atomic E-state index is -0.477. The van der Waals surface area contributed by atoms with Crippen molar-refractivity contribution in [3.63, 3.8) is 0 Å². The number of amides is 2. The first-order valence-corrected chi connectivity index (χ1v) is 7.63. The standard InChI is InChI=1S/C19H16N2O4/c22-18(11-10-15-7-4-12-24-15)20-21-19(23)13-25-17-9-3-6-14-5-1-2-8-16(14)17/h1-12H,13H2,(H,20,22)(H,21,23). The summed E-state index contributed by atoms with van der Waals surface area (Å²) in [6, 6.07) is 16.8. The second kappa shape index (κ2) is 7.83. The van der Waals surface area contributed by atoms with E-state index in [-0.39, 0.29) is 6.61 Å². The Morgan fingerprint density at radius 3 is 2.68 bits per heavy atom. The number of nitrogens with one attached hydrogen (secondary N) is 2. The molecule has 0 aliphatic carbocycles. The Balaban J connectivity index is 1.48. The SMILES string of the molecule is O=C(C=Cc1ccco1)NNC(=O)COc1cccc2ccccc12. The zero-order chi connectivity index (χ0) is 17.5. The number of hydrogen-bond acceptors (Lipinski definition) is 4. The highest BCUT2D eigenvalue weighted by Gasteiger charge is 2.06. The zero-order valence-corrected chi connectivity index (χ0v) is 13.3. The number of ether oxygens (including phenoxy) is 1. The third kappa shape index (κ3) is 4.48. The van der Waals surface area contributed by atoms with Crippen molar-refractivity contribution in [2.24, 2.45) is 0 Å². The molecule has 0 aliphatic heterocycles. The normalized spacial score (nSPS) is 10.7. The van der Waals surface area contributed by atoms with Gasteiger partial charge in [-0.15, -0.1) is 0 Å². The van der Waals surface area contributed by atoms with Gasteiger partial charge in [-0.25, -0.2) is 0 Å². The van der Waals surface area contributed by atoms with Crippen molar-refractivity contribution in [1.29, 1.82) is 0 Å². The van der Waals surface area contributed by atoms with Crippen LogP contribution in [0.3, 0.4) is 0 Å². The van der Waals surface area contributed by atoms with Crippen molar-refractivity contribution >= 4 is 28.7 Å². The molecule has 0 bridgehead atoms. The maximum absolute atomic E-state index is 11.8. The number of benzene rings is 2. The highest BCUT2D eigenvalue weighted by Crippen LogP contribution is 2.24. The molecule has 0 atom stereocenters. The number of carbonyl (C=O) groups excluding carboxylic acids is 2. The lowest BCUT2D eigenvalue weighted by molar-refractivity contribution is -0.128. The molecule has 2 amide bonds. The van der Waals surface area contributed by atoms with Crippen LogP contribution in [0.25, 0.3) is 16.8 Å². The Kier molecular flexibility index (Phi) is 5.11. The average Bonchev–Trinajstić information content (AvgIpc) is 3.16. The fourth-order valence-electron chi connectivity index (χ4n) is 2.22. The van der Waals surface area contributed by atoms with Crippen molar-refractivity contribution in [2.75, 3.05) is 6.61 Å². The summed E-state index contributed by atoms with van der Waals surface area (Å²) >= 11 is 0. The van der Waals surface area contributed by atoms with Crippen LogP contribution in [-0.2, 0) is 9.59 Å². The average molecular weight is 336 g/mol. The summed E-state index contributed by atoms with van der Waals surface area (Å²) in [6.45, 7) is -0.212. The summed E-state index contributed by atoms with van der Waals surface area (Å²) in [5.74, 6) is 0.209. The molecule has 2 N–H and O–H groups in total. The van der Waals surface area contributed by atoms with Crippen LogP contribution < -0.4 is 15.6 Å². The topological polar surface area (TPSA) is 80.6 Å². The first kappa shape index (κ1) is 16.3. The van der Waals surface area contributed by atoms with Gasteiger partial charge in [0.05, 0.1) is 6.26 Å². The van der Waals surface area contributed by atoms with Crippen molar-refractivity contribution in [1.82, 2.24) is 10.9 Å². The minimum Gasteiger partial charge on any atom is -0.483 e. The van der Waals surface area contributed by atoms with Gasteiger partial charge in [0.1, 0.15) is 11.5 Å². The predicted octanol–water partition coefficient (Wildman–Crippen LogP) is 2.67. The second-order valence-corrected chi connectivity index (χ2v) is 5.15. The number of hydrogen-bond donors (Lipinski definition) is 2. The quantitative estimate of drug-likeness (QED) is 0.554. The van der Waals surface area contributed by atoms with Gasteiger partial charge in [0.15, 0.2) is 6.61 Å². The Morgan fingerprint density at radius 1 is 1.00 bits per heavy atom. The smallest absolute Gasteiger partial charge is 0.276 e. The third-order valence-corrected chi connectivity index (χ3v) is 3.38. The summed E-state index contributed by atoms with van der Waals surface area (Å²) in [7, 11) is 0.